The molecule has 0 bridgehead atoms. The Morgan fingerprint density at radius 2 is 2.05 bits per heavy atom. The molecule has 2 aromatic rings. The van der Waals surface area contributed by atoms with E-state index in [0.717, 1.165) is 30.6 Å². The van der Waals surface area contributed by atoms with Gasteiger partial charge in [0.05, 0.1) is 12.5 Å². The predicted molar refractivity (Wildman–Crippen MR) is 80.1 cm³/mol. The summed E-state index contributed by atoms with van der Waals surface area (Å²) in [6, 6.07) is 7.71. The van der Waals surface area contributed by atoms with E-state index in [2.05, 4.69) is 17.1 Å². The minimum atomic E-state index is -0.212. The summed E-state index contributed by atoms with van der Waals surface area (Å²) in [7, 11) is 1.65. The zero-order valence-electron chi connectivity index (χ0n) is 12.5. The van der Waals surface area contributed by atoms with E-state index in [4.69, 9.17) is 15.0 Å². The van der Waals surface area contributed by atoms with Crippen LogP contribution in [0.2, 0.25) is 0 Å². The van der Waals surface area contributed by atoms with Gasteiger partial charge in [0.1, 0.15) is 5.75 Å². The lowest BCUT2D eigenvalue weighted by Gasteiger charge is -2.35. The zero-order valence-corrected chi connectivity index (χ0v) is 12.5. The van der Waals surface area contributed by atoms with Crippen LogP contribution in [-0.4, -0.2) is 23.3 Å². The second-order valence-electron chi connectivity index (χ2n) is 5.92. The average molecular weight is 287 g/mol. The smallest absolute Gasteiger partial charge is 0.234 e. The first-order chi connectivity index (χ1) is 10.1. The molecule has 0 amide bonds. The van der Waals surface area contributed by atoms with Crippen LogP contribution in [0.3, 0.4) is 0 Å². The molecule has 1 aromatic carbocycles. The molecule has 1 aliphatic carbocycles. The molecule has 3 rings (SSSR count). The normalized spacial score (nSPS) is 25.8. The summed E-state index contributed by atoms with van der Waals surface area (Å²) >= 11 is 0. The molecule has 0 spiro atoms. The lowest BCUT2D eigenvalue weighted by atomic mass is 9.72. The number of benzene rings is 1. The van der Waals surface area contributed by atoms with Gasteiger partial charge in [-0.1, -0.05) is 18.0 Å². The summed E-state index contributed by atoms with van der Waals surface area (Å²) in [6.07, 6.45) is 4.34. The molecule has 1 fully saturated rings. The van der Waals surface area contributed by atoms with E-state index in [-0.39, 0.29) is 11.5 Å². The Morgan fingerprint density at radius 3 is 2.71 bits per heavy atom. The number of nitrogens with two attached hydrogens (primary N) is 1. The van der Waals surface area contributed by atoms with Gasteiger partial charge in [0.2, 0.25) is 11.7 Å². The lowest BCUT2D eigenvalue weighted by Crippen LogP contribution is -2.45. The Bertz CT molecular complexity index is 608. The van der Waals surface area contributed by atoms with Gasteiger partial charge in [0.25, 0.3) is 0 Å². The molecule has 5 nitrogen and oxygen atoms in total. The minimum Gasteiger partial charge on any atom is -0.497 e. The molecule has 0 radical (unpaired) electrons. The third-order valence-electron chi connectivity index (χ3n) is 4.54. The van der Waals surface area contributed by atoms with Crippen molar-refractivity contribution in [1.82, 2.24) is 10.1 Å². The quantitative estimate of drug-likeness (QED) is 0.939. The zero-order chi connectivity index (χ0) is 14.9. The van der Waals surface area contributed by atoms with Crippen LogP contribution in [0.1, 0.15) is 38.5 Å². The number of aromatic nitrogens is 2. The van der Waals surface area contributed by atoms with Crippen molar-refractivity contribution in [3.63, 3.8) is 0 Å². The van der Waals surface area contributed by atoms with Crippen molar-refractivity contribution < 1.29 is 9.26 Å². The van der Waals surface area contributed by atoms with Gasteiger partial charge in [0.15, 0.2) is 0 Å². The minimum absolute atomic E-state index is 0.0791. The fourth-order valence-corrected chi connectivity index (χ4v) is 2.94. The molecular weight excluding hydrogens is 266 g/mol. The molecule has 5 heteroatoms. The van der Waals surface area contributed by atoms with E-state index >= 15 is 0 Å². The van der Waals surface area contributed by atoms with Gasteiger partial charge < -0.3 is 15.0 Å². The van der Waals surface area contributed by atoms with Crippen molar-refractivity contribution >= 4 is 0 Å². The first-order valence-corrected chi connectivity index (χ1v) is 7.38. The number of ether oxygens (including phenoxy) is 1. The van der Waals surface area contributed by atoms with Crippen molar-refractivity contribution in [2.75, 3.05) is 7.11 Å². The largest absolute Gasteiger partial charge is 0.497 e. The van der Waals surface area contributed by atoms with E-state index in [1.165, 1.54) is 6.42 Å². The summed E-state index contributed by atoms with van der Waals surface area (Å²) in [4.78, 5) is 4.58. The van der Waals surface area contributed by atoms with Crippen LogP contribution in [0.25, 0.3) is 11.4 Å². The molecule has 21 heavy (non-hydrogen) atoms. The number of hydrogen-bond donors (Lipinski definition) is 1. The summed E-state index contributed by atoms with van der Waals surface area (Å²) < 4.78 is 10.7. The highest BCUT2D eigenvalue weighted by Crippen LogP contribution is 2.38. The molecule has 0 saturated heterocycles. The van der Waals surface area contributed by atoms with Gasteiger partial charge in [0, 0.05) is 11.6 Å². The van der Waals surface area contributed by atoms with Gasteiger partial charge in [-0.25, -0.2) is 0 Å². The Morgan fingerprint density at radius 1 is 1.29 bits per heavy atom. The van der Waals surface area contributed by atoms with Crippen molar-refractivity contribution in [1.29, 1.82) is 0 Å². The highest BCUT2D eigenvalue weighted by Gasteiger charge is 2.40. The maximum absolute atomic E-state index is 6.29. The van der Waals surface area contributed by atoms with E-state index < -0.39 is 0 Å². The molecule has 1 aromatic heterocycles. The number of methoxy groups -OCH3 is 1. The lowest BCUT2D eigenvalue weighted by molar-refractivity contribution is 0.203. The number of rotatable bonds is 3. The van der Waals surface area contributed by atoms with Crippen LogP contribution in [-0.2, 0) is 5.41 Å². The molecule has 2 unspecified atom stereocenters. The summed E-state index contributed by atoms with van der Waals surface area (Å²) in [5.41, 5.74) is 6.99. The van der Waals surface area contributed by atoms with Crippen LogP contribution >= 0.6 is 0 Å². The second-order valence-corrected chi connectivity index (χ2v) is 5.92. The van der Waals surface area contributed by atoms with Crippen LogP contribution in [0, 0.1) is 0 Å². The van der Waals surface area contributed by atoms with E-state index in [1.54, 1.807) is 7.11 Å². The maximum Gasteiger partial charge on any atom is 0.234 e. The highest BCUT2D eigenvalue weighted by molar-refractivity contribution is 5.55. The third kappa shape index (κ3) is 2.53. The average Bonchev–Trinajstić information content (AvgIpc) is 3.01. The fourth-order valence-electron chi connectivity index (χ4n) is 2.94. The molecule has 112 valence electrons. The monoisotopic (exact) mass is 287 g/mol. The number of hydrogen-bond acceptors (Lipinski definition) is 5. The van der Waals surface area contributed by atoms with Crippen molar-refractivity contribution in [2.45, 2.75) is 44.1 Å². The van der Waals surface area contributed by atoms with Crippen LogP contribution in [0.15, 0.2) is 28.8 Å². The highest BCUT2D eigenvalue weighted by atomic mass is 16.5. The van der Waals surface area contributed by atoms with Gasteiger partial charge in [-0.15, -0.1) is 0 Å². The standard InChI is InChI=1S/C16H21N3O2/c1-16(10-4-3-5-13(16)17)15-18-14(19-21-15)11-6-8-12(20-2)9-7-11/h6-9,13H,3-5,10,17H2,1-2H3. The van der Waals surface area contributed by atoms with Crippen LogP contribution < -0.4 is 10.5 Å². The molecular formula is C16H21N3O2. The molecule has 1 aliphatic rings. The third-order valence-corrected chi connectivity index (χ3v) is 4.54. The van der Waals surface area contributed by atoms with Crippen molar-refractivity contribution in [3.05, 3.63) is 30.2 Å². The summed E-state index contributed by atoms with van der Waals surface area (Å²) in [5.74, 6) is 2.07. The van der Waals surface area contributed by atoms with Gasteiger partial charge >= 0.3 is 0 Å². The Labute approximate surface area is 124 Å². The number of nitrogens with zero attached hydrogens (tertiary/aromatic N) is 2. The SMILES string of the molecule is COc1ccc(-c2noc(C3(C)CCCCC3N)n2)cc1. The van der Waals surface area contributed by atoms with E-state index in [1.807, 2.05) is 24.3 Å². The molecule has 0 aliphatic heterocycles. The predicted octanol–water partition coefficient (Wildman–Crippen LogP) is 2.90. The van der Waals surface area contributed by atoms with E-state index in [0.29, 0.717) is 11.7 Å². The van der Waals surface area contributed by atoms with Crippen LogP contribution in [0.4, 0.5) is 0 Å². The maximum atomic E-state index is 6.29. The van der Waals surface area contributed by atoms with Gasteiger partial charge in [-0.2, -0.15) is 4.98 Å². The Balaban J connectivity index is 1.88. The second kappa shape index (κ2) is 5.48. The van der Waals surface area contributed by atoms with Gasteiger partial charge in [-0.3, -0.25) is 0 Å². The fraction of sp³-hybridized carbons (Fsp3) is 0.500. The first kappa shape index (κ1) is 14.1. The first-order valence-electron chi connectivity index (χ1n) is 7.38. The molecule has 1 heterocycles. The van der Waals surface area contributed by atoms with Gasteiger partial charge in [-0.05, 0) is 44.0 Å². The molecule has 2 atom stereocenters. The molecule has 2 N–H and O–H groups in total. The Kier molecular flexibility index (Phi) is 3.68. The summed E-state index contributed by atoms with van der Waals surface area (Å²) in [6.45, 7) is 2.13. The van der Waals surface area contributed by atoms with Crippen LogP contribution in [0.5, 0.6) is 5.75 Å². The molecule has 1 saturated carbocycles. The summed E-state index contributed by atoms with van der Waals surface area (Å²) in [5, 5.41) is 4.11. The van der Waals surface area contributed by atoms with Crippen molar-refractivity contribution in [3.8, 4) is 17.1 Å². The van der Waals surface area contributed by atoms with E-state index in [9.17, 15) is 0 Å². The topological polar surface area (TPSA) is 74.2 Å². The van der Waals surface area contributed by atoms with Crippen molar-refractivity contribution in [2.24, 2.45) is 5.73 Å². The Hall–Kier alpha value is -1.88.